The van der Waals surface area contributed by atoms with Crippen molar-refractivity contribution >= 4 is 62.3 Å². The minimum Gasteiger partial charge on any atom is -0.453 e. The predicted molar refractivity (Wildman–Crippen MR) is 165 cm³/mol. The van der Waals surface area contributed by atoms with Crippen LogP contribution in [0.4, 0.5) is 0 Å². The van der Waals surface area contributed by atoms with E-state index < -0.39 is 52.3 Å². The number of hydrogen-bond donors (Lipinski definition) is 4. The molecular weight excluding hydrogens is 723 g/mol. The molecule has 0 spiro atoms. The highest BCUT2D eigenvalue weighted by Gasteiger charge is 2.80. The third kappa shape index (κ3) is 4.43. The van der Waals surface area contributed by atoms with Gasteiger partial charge in [0.25, 0.3) is 0 Å². The number of amides is 2. The smallest absolute Gasteiger partial charge is 0.339 e. The van der Waals surface area contributed by atoms with Gasteiger partial charge in [-0.15, -0.1) is 0 Å². The van der Waals surface area contributed by atoms with E-state index in [0.29, 0.717) is 18.2 Å². The van der Waals surface area contributed by atoms with E-state index in [-0.39, 0.29) is 29.6 Å². The molecule has 42 heavy (non-hydrogen) atoms. The molecule has 6 rings (SSSR count). The van der Waals surface area contributed by atoms with Gasteiger partial charge in [0.1, 0.15) is 0 Å². The van der Waals surface area contributed by atoms with Crippen LogP contribution >= 0.6 is 38.5 Å². The lowest BCUT2D eigenvalue weighted by Gasteiger charge is -2.54. The number of carbonyl (C=O) groups is 4. The quantitative estimate of drug-likeness (QED) is 0.128. The highest BCUT2D eigenvalue weighted by molar-refractivity contribution is 14.1. The Morgan fingerprint density at radius 3 is 1.62 bits per heavy atom. The number of hydrogen-bond acceptors (Lipinski definition) is 8. The number of allylic oxidation sites excluding steroid dienone is 2. The number of rotatable bonds is 8. The first-order valence-electron chi connectivity index (χ1n) is 14.9. The van der Waals surface area contributed by atoms with Gasteiger partial charge in [-0.3, -0.25) is 9.59 Å². The maximum Gasteiger partial charge on any atom is 0.339 e. The summed E-state index contributed by atoms with van der Waals surface area (Å²) in [5.41, 5.74) is -4.45. The molecule has 4 N–H and O–H groups in total. The molecule has 12 heteroatoms. The molecule has 4 heterocycles. The average Bonchev–Trinajstić information content (AvgIpc) is 3.27. The fraction of sp³-hybridized carbons (Fsp3) is 0.733. The molecule has 0 unspecified atom stereocenters. The molecule has 0 bridgehead atoms. The van der Waals surface area contributed by atoms with Crippen molar-refractivity contribution in [1.29, 1.82) is 0 Å². The lowest BCUT2D eigenvalue weighted by molar-refractivity contribution is -0.239. The molecule has 10 nitrogen and oxygen atoms in total. The maximum absolute atomic E-state index is 12.3. The Morgan fingerprint density at radius 2 is 1.29 bits per heavy atom. The third-order valence-corrected chi connectivity index (χ3v) is 11.6. The Bertz CT molecular complexity index is 1110. The van der Waals surface area contributed by atoms with Crippen molar-refractivity contribution in [3.8, 4) is 0 Å². The molecule has 4 saturated heterocycles. The van der Waals surface area contributed by atoms with Gasteiger partial charge in [-0.25, -0.2) is 9.59 Å². The van der Waals surface area contributed by atoms with Crippen LogP contribution in [0.5, 0.6) is 0 Å². The third-order valence-electron chi connectivity index (χ3n) is 10.5. The van der Waals surface area contributed by atoms with E-state index in [1.165, 1.54) is 0 Å². The summed E-state index contributed by atoms with van der Waals surface area (Å²) < 4.78 is 11.6. The Balaban J connectivity index is 0.000000168. The second-order valence-corrected chi connectivity index (χ2v) is 14.5. The van der Waals surface area contributed by atoms with Crippen molar-refractivity contribution in [2.45, 2.75) is 99.7 Å². The van der Waals surface area contributed by atoms with Gasteiger partial charge in [0, 0.05) is 21.6 Å². The highest BCUT2D eigenvalue weighted by atomic mass is 127. The molecule has 2 aliphatic carbocycles. The topological polar surface area (TPSA) is 151 Å². The van der Waals surface area contributed by atoms with Gasteiger partial charge in [0.2, 0.25) is 22.9 Å². The van der Waals surface area contributed by atoms with Crippen molar-refractivity contribution in [2.24, 2.45) is 23.7 Å². The number of aliphatic hydroxyl groups excluding tert-OH is 2. The molecule has 6 aliphatic rings. The average molecular weight is 763 g/mol. The van der Waals surface area contributed by atoms with Gasteiger partial charge in [0.15, 0.2) is 11.2 Å². The van der Waals surface area contributed by atoms with Crippen molar-refractivity contribution in [1.82, 2.24) is 10.6 Å². The second kappa shape index (κ2) is 11.8. The number of nitrogens with one attached hydrogen (secondary N) is 2. The number of aliphatic hydroxyl groups is 2. The maximum atomic E-state index is 12.3. The van der Waals surface area contributed by atoms with E-state index >= 15 is 0 Å². The van der Waals surface area contributed by atoms with Crippen LogP contribution in [0, 0.1) is 23.7 Å². The Morgan fingerprint density at radius 1 is 0.857 bits per heavy atom. The molecular formula is C30H40BrIN2O8. The Kier molecular flexibility index (Phi) is 8.94. The molecule has 0 radical (unpaired) electrons. The largest absolute Gasteiger partial charge is 0.453 e. The monoisotopic (exact) mass is 762 g/mol. The Labute approximate surface area is 268 Å². The van der Waals surface area contributed by atoms with Crippen LogP contribution in [0.1, 0.15) is 65.2 Å². The predicted octanol–water partition coefficient (Wildman–Crippen LogP) is 2.62. The zero-order chi connectivity index (χ0) is 30.5. The van der Waals surface area contributed by atoms with Crippen LogP contribution in [0.3, 0.4) is 0 Å². The van der Waals surface area contributed by atoms with Gasteiger partial charge >= 0.3 is 11.9 Å². The van der Waals surface area contributed by atoms with Gasteiger partial charge in [0.05, 0.1) is 24.0 Å². The molecule has 2 amide bonds. The fourth-order valence-electron chi connectivity index (χ4n) is 7.98. The molecule has 232 valence electrons. The molecule has 10 atom stereocenters. The zero-order valence-electron chi connectivity index (χ0n) is 23.9. The molecule has 0 aromatic carbocycles. The summed E-state index contributed by atoms with van der Waals surface area (Å²) in [6.45, 7) is 3.54. The number of halogens is 2. The minimum absolute atomic E-state index is 0.107. The van der Waals surface area contributed by atoms with Crippen molar-refractivity contribution in [2.75, 3.05) is 9.76 Å². The zero-order valence-corrected chi connectivity index (χ0v) is 27.7. The summed E-state index contributed by atoms with van der Waals surface area (Å²) in [5.74, 6) is -2.42. The Hall–Kier alpha value is -1.51. The van der Waals surface area contributed by atoms with Crippen molar-refractivity contribution in [3.63, 3.8) is 0 Å². The van der Waals surface area contributed by atoms with Crippen molar-refractivity contribution < 1.29 is 38.9 Å². The molecule has 4 aliphatic heterocycles. The van der Waals surface area contributed by atoms with E-state index in [9.17, 15) is 29.4 Å². The first kappa shape index (κ1) is 31.9. The minimum atomic E-state index is -1.29. The van der Waals surface area contributed by atoms with Gasteiger partial charge in [-0.2, -0.15) is 0 Å². The van der Waals surface area contributed by atoms with Gasteiger partial charge in [-0.1, -0.05) is 62.8 Å². The van der Waals surface area contributed by atoms with E-state index in [4.69, 9.17) is 9.47 Å². The first-order valence-corrected chi connectivity index (χ1v) is 17.5. The normalized spacial score (nSPS) is 42.8. The molecule has 0 aromatic heterocycles. The van der Waals surface area contributed by atoms with E-state index in [1.54, 1.807) is 13.8 Å². The lowest BCUT2D eigenvalue weighted by Crippen LogP contribution is -2.80. The van der Waals surface area contributed by atoms with E-state index in [2.05, 4.69) is 49.2 Å². The summed E-state index contributed by atoms with van der Waals surface area (Å²) in [7, 11) is 0. The van der Waals surface area contributed by atoms with Crippen LogP contribution in [0.25, 0.3) is 0 Å². The summed E-state index contributed by atoms with van der Waals surface area (Å²) >= 11 is 5.55. The van der Waals surface area contributed by atoms with E-state index in [1.807, 2.05) is 24.3 Å². The number of carbonyl (C=O) groups excluding carboxylic acids is 4. The summed E-state index contributed by atoms with van der Waals surface area (Å²) in [5, 5.41) is 27.8. The number of ether oxygens (including phenoxy) is 2. The first-order chi connectivity index (χ1) is 19.9. The standard InChI is InChI=1S/C15H20BrNO4.C15H20INO4/c2*1-14-10(7-8-16)12(19)17-15(14,13(20)21-14)11(18)9-5-3-2-4-6-9/h2*3,5,9-11,18H,2,4,6-8H2,1H3,(H,17,19)/t2*9-,10+,11-,14+,15+/m11/s1. The highest BCUT2D eigenvalue weighted by Crippen LogP contribution is 2.54. The number of alkyl halides is 2. The summed E-state index contributed by atoms with van der Waals surface area (Å²) in [6, 6.07) is 0. The van der Waals surface area contributed by atoms with Crippen molar-refractivity contribution in [3.05, 3.63) is 24.3 Å². The lowest BCUT2D eigenvalue weighted by atomic mass is 9.64. The summed E-state index contributed by atoms with van der Waals surface area (Å²) in [4.78, 5) is 48.9. The van der Waals surface area contributed by atoms with Gasteiger partial charge < -0.3 is 30.3 Å². The van der Waals surface area contributed by atoms with E-state index in [0.717, 1.165) is 43.0 Å². The molecule has 0 aromatic rings. The van der Waals surface area contributed by atoms with Gasteiger partial charge in [-0.05, 0) is 65.2 Å². The van der Waals surface area contributed by atoms with Crippen LogP contribution < -0.4 is 10.6 Å². The molecule has 0 saturated carbocycles. The SMILES string of the molecule is C[C@@]12OC(=O)[C@]1([C@H](O)[C@@H]1C=CCCC1)NC(=O)[C@@H]2CCBr.C[C@@]12OC(=O)[C@]1([C@H](O)[C@@H]1C=CCCC1)NC(=O)[C@@H]2CCI. The fourth-order valence-corrected chi connectivity index (χ4v) is 9.06. The van der Waals surface area contributed by atoms with Crippen LogP contribution in [-0.2, 0) is 28.7 Å². The summed E-state index contributed by atoms with van der Waals surface area (Å²) in [6.07, 6.45) is 13.0. The van der Waals surface area contributed by atoms with Crippen LogP contribution in [0.2, 0.25) is 0 Å². The van der Waals surface area contributed by atoms with Crippen LogP contribution in [0.15, 0.2) is 24.3 Å². The number of fused-ring (bicyclic) bond motifs is 2. The number of esters is 2. The van der Waals surface area contributed by atoms with Crippen LogP contribution in [-0.4, -0.2) is 78.2 Å². The second-order valence-electron chi connectivity index (χ2n) is 12.6. The molecule has 4 fully saturated rings.